The van der Waals surface area contributed by atoms with Crippen molar-refractivity contribution in [2.24, 2.45) is 5.92 Å². The van der Waals surface area contributed by atoms with E-state index in [1.165, 1.54) is 12.1 Å². The monoisotopic (exact) mass is 544 g/mol. The van der Waals surface area contributed by atoms with Crippen LogP contribution in [0.25, 0.3) is 0 Å². The largest absolute Gasteiger partial charge is 0.350 e. The average molecular weight is 547 g/mol. The number of nitrogens with one attached hydrogen (secondary N) is 2. The smallest absolute Gasteiger partial charge is 0.252 e. The van der Waals surface area contributed by atoms with Crippen molar-refractivity contribution in [2.45, 2.75) is 16.8 Å². The summed E-state index contributed by atoms with van der Waals surface area (Å²) in [7, 11) is 0. The Labute approximate surface area is 215 Å². The summed E-state index contributed by atoms with van der Waals surface area (Å²) < 4.78 is 0.388. The second kappa shape index (κ2) is 9.72. The second-order valence-electron chi connectivity index (χ2n) is 7.54. The molecule has 1 aliphatic rings. The minimum atomic E-state index is -1.31. The van der Waals surface area contributed by atoms with Gasteiger partial charge in [0.15, 0.2) is 0 Å². The molecular formula is C22H17Cl5N4O2. The van der Waals surface area contributed by atoms with Crippen molar-refractivity contribution < 1.29 is 9.59 Å². The predicted octanol–water partition coefficient (Wildman–Crippen LogP) is 5.80. The highest BCUT2D eigenvalue weighted by atomic mass is 35.5. The minimum absolute atomic E-state index is 0.229. The number of anilines is 1. The molecule has 172 valence electrons. The first-order valence-corrected chi connectivity index (χ1v) is 11.8. The van der Waals surface area contributed by atoms with Crippen LogP contribution in [0.1, 0.15) is 21.8 Å². The lowest BCUT2D eigenvalue weighted by Gasteiger charge is -2.10. The molecule has 0 aliphatic heterocycles. The maximum absolute atomic E-state index is 12.9. The van der Waals surface area contributed by atoms with E-state index in [-0.39, 0.29) is 16.5 Å². The van der Waals surface area contributed by atoms with E-state index >= 15 is 0 Å². The normalized spacial score (nSPS) is 18.6. The van der Waals surface area contributed by atoms with Crippen LogP contribution in [-0.4, -0.2) is 32.5 Å². The van der Waals surface area contributed by atoms with Gasteiger partial charge in [0.2, 0.25) is 5.91 Å². The van der Waals surface area contributed by atoms with E-state index < -0.39 is 22.1 Å². The average Bonchev–Trinajstić information content (AvgIpc) is 3.06. The number of benzene rings is 2. The number of alkyl halides is 2. The molecule has 1 saturated carbocycles. The number of hydrogen-bond donors (Lipinski definition) is 2. The molecule has 11 heteroatoms. The van der Waals surface area contributed by atoms with E-state index in [2.05, 4.69) is 15.7 Å². The van der Waals surface area contributed by atoms with Gasteiger partial charge in [-0.1, -0.05) is 34.8 Å². The molecular weight excluding hydrogens is 530 g/mol. The van der Waals surface area contributed by atoms with Crippen LogP contribution in [0.5, 0.6) is 0 Å². The highest BCUT2D eigenvalue weighted by Crippen LogP contribution is 2.65. The molecule has 1 fully saturated rings. The fourth-order valence-electron chi connectivity index (χ4n) is 3.63. The predicted molar refractivity (Wildman–Crippen MR) is 132 cm³/mol. The van der Waals surface area contributed by atoms with Crippen LogP contribution >= 0.6 is 58.0 Å². The molecule has 0 radical (unpaired) electrons. The summed E-state index contributed by atoms with van der Waals surface area (Å²) >= 11 is 31.2. The first-order valence-electron chi connectivity index (χ1n) is 9.86. The molecule has 6 nitrogen and oxygen atoms in total. The molecule has 4 rings (SSSR count). The summed E-state index contributed by atoms with van der Waals surface area (Å²) in [6.45, 7) is 0.872. The molecule has 0 unspecified atom stereocenters. The van der Waals surface area contributed by atoms with Crippen LogP contribution in [0.4, 0.5) is 5.69 Å². The van der Waals surface area contributed by atoms with Crippen molar-refractivity contribution in [1.29, 1.82) is 0 Å². The van der Waals surface area contributed by atoms with Crippen molar-refractivity contribution in [3.8, 4) is 0 Å². The van der Waals surface area contributed by atoms with Gasteiger partial charge in [-0.15, -0.1) is 23.2 Å². The first kappa shape index (κ1) is 24.2. The molecule has 33 heavy (non-hydrogen) atoms. The van der Waals surface area contributed by atoms with Gasteiger partial charge in [0.25, 0.3) is 5.91 Å². The Morgan fingerprint density at radius 1 is 1.06 bits per heavy atom. The van der Waals surface area contributed by atoms with Crippen molar-refractivity contribution in [3.63, 3.8) is 0 Å². The third kappa shape index (κ3) is 5.42. The molecule has 2 N–H and O–H groups in total. The van der Waals surface area contributed by atoms with Gasteiger partial charge < -0.3 is 10.6 Å². The summed E-state index contributed by atoms with van der Waals surface area (Å²) in [6, 6.07) is 11.4. The third-order valence-corrected chi connectivity index (χ3v) is 6.95. The van der Waals surface area contributed by atoms with Gasteiger partial charge >= 0.3 is 0 Å². The number of halogens is 5. The van der Waals surface area contributed by atoms with Gasteiger partial charge in [0, 0.05) is 40.6 Å². The Bertz CT molecular complexity index is 1180. The van der Waals surface area contributed by atoms with Gasteiger partial charge in [-0.3, -0.25) is 14.3 Å². The van der Waals surface area contributed by atoms with Crippen molar-refractivity contribution in [1.82, 2.24) is 15.1 Å². The van der Waals surface area contributed by atoms with Crippen LogP contribution in [0.15, 0.2) is 54.9 Å². The molecule has 0 bridgehead atoms. The van der Waals surface area contributed by atoms with Crippen LogP contribution in [0, 0.1) is 5.92 Å². The lowest BCUT2D eigenvalue weighted by molar-refractivity contribution is -0.117. The molecule has 0 spiro atoms. The molecule has 1 heterocycles. The fraction of sp³-hybridized carbons (Fsp3) is 0.227. The molecule has 2 amide bonds. The Hall–Kier alpha value is -1.96. The fourth-order valence-corrected chi connectivity index (χ4v) is 5.21. The molecule has 1 aromatic heterocycles. The zero-order valence-electron chi connectivity index (χ0n) is 16.9. The summed E-state index contributed by atoms with van der Waals surface area (Å²) in [4.78, 5) is 25.5. The van der Waals surface area contributed by atoms with Gasteiger partial charge in [-0.2, -0.15) is 5.10 Å². The van der Waals surface area contributed by atoms with E-state index in [4.69, 9.17) is 58.0 Å². The van der Waals surface area contributed by atoms with E-state index in [1.807, 2.05) is 0 Å². The zero-order chi connectivity index (χ0) is 23.8. The second-order valence-corrected chi connectivity index (χ2v) is 10.3. The maximum Gasteiger partial charge on any atom is 0.252 e. The molecule has 1 aliphatic carbocycles. The molecule has 0 saturated heterocycles. The zero-order valence-corrected chi connectivity index (χ0v) is 20.6. The highest BCUT2D eigenvalue weighted by molar-refractivity contribution is 6.53. The molecule has 2 atom stereocenters. The quantitative estimate of drug-likeness (QED) is 0.368. The highest BCUT2D eigenvalue weighted by Gasteiger charge is 2.67. The van der Waals surface area contributed by atoms with Crippen LogP contribution in [-0.2, 0) is 11.3 Å². The summed E-state index contributed by atoms with van der Waals surface area (Å²) in [5.41, 5.74) is 1.29. The Kier molecular flexibility index (Phi) is 7.12. The molecule has 2 aromatic carbocycles. The van der Waals surface area contributed by atoms with Crippen LogP contribution in [0.2, 0.25) is 15.1 Å². The number of nitrogens with zero attached hydrogens (tertiary/aromatic N) is 2. The molecule has 3 aromatic rings. The maximum atomic E-state index is 12.9. The summed E-state index contributed by atoms with van der Waals surface area (Å²) in [5.74, 6) is -1.97. The van der Waals surface area contributed by atoms with Gasteiger partial charge in [-0.25, -0.2) is 0 Å². The number of rotatable bonds is 7. The Balaban J connectivity index is 1.43. The van der Waals surface area contributed by atoms with Crippen LogP contribution in [0.3, 0.4) is 0 Å². The van der Waals surface area contributed by atoms with Crippen molar-refractivity contribution >= 4 is 75.5 Å². The number of aromatic nitrogens is 2. The Morgan fingerprint density at radius 3 is 2.45 bits per heavy atom. The first-order chi connectivity index (χ1) is 15.7. The number of amides is 2. The standard InChI is InChI=1S/C22H17Cl5N4O2/c23-13-8-12(9-14(24)10-13)18-19(22(18,26)27)21(33)30-15-2-3-17(25)16(11-15)20(32)28-5-7-31-6-1-4-29-31/h1-4,6,8-11,18-19H,5,7H2,(H,28,32)(H,30,33)/t18-,19+/m0/s1. The van der Waals surface area contributed by atoms with Crippen molar-refractivity contribution in [2.75, 3.05) is 11.9 Å². The van der Waals surface area contributed by atoms with Gasteiger partial charge in [0.05, 0.1) is 23.0 Å². The number of carbonyl (C=O) groups excluding carboxylic acids is 2. The minimum Gasteiger partial charge on any atom is -0.350 e. The summed E-state index contributed by atoms with van der Waals surface area (Å²) in [6.07, 6.45) is 3.46. The summed E-state index contributed by atoms with van der Waals surface area (Å²) in [5, 5.41) is 10.7. The Morgan fingerprint density at radius 2 is 1.79 bits per heavy atom. The number of hydrogen-bond acceptors (Lipinski definition) is 3. The van der Waals surface area contributed by atoms with E-state index in [9.17, 15) is 9.59 Å². The number of carbonyl (C=O) groups is 2. The van der Waals surface area contributed by atoms with Crippen molar-refractivity contribution in [3.05, 3.63) is 81.1 Å². The van der Waals surface area contributed by atoms with Gasteiger partial charge in [0.1, 0.15) is 4.33 Å². The third-order valence-electron chi connectivity index (χ3n) is 5.24. The van der Waals surface area contributed by atoms with Gasteiger partial charge in [-0.05, 0) is 48.0 Å². The SMILES string of the molecule is O=C(NCCn1cccn1)c1cc(NC(=O)[C@H]2[C@H](c3cc(Cl)cc(Cl)c3)C2(Cl)Cl)ccc1Cl. The van der Waals surface area contributed by atoms with E-state index in [0.29, 0.717) is 34.4 Å². The lowest BCUT2D eigenvalue weighted by Crippen LogP contribution is -2.27. The topological polar surface area (TPSA) is 76.0 Å². The van der Waals surface area contributed by atoms with E-state index in [0.717, 1.165) is 0 Å². The lowest BCUT2D eigenvalue weighted by atomic mass is 10.1. The van der Waals surface area contributed by atoms with E-state index in [1.54, 1.807) is 47.4 Å². The van der Waals surface area contributed by atoms with Crippen LogP contribution < -0.4 is 10.6 Å².